The SMILES string of the molecule is COc1ccc([C@@H](NC(=O)C[C@H]2C=CCC2)C(C)C)cc1. The summed E-state index contributed by atoms with van der Waals surface area (Å²) in [5, 5.41) is 3.18. The topological polar surface area (TPSA) is 38.3 Å². The van der Waals surface area contributed by atoms with E-state index in [1.807, 2.05) is 24.3 Å². The molecule has 0 saturated heterocycles. The Balaban J connectivity index is 2.00. The Labute approximate surface area is 127 Å². The molecule has 1 aliphatic carbocycles. The summed E-state index contributed by atoms with van der Waals surface area (Å²) in [6.07, 6.45) is 7.13. The summed E-state index contributed by atoms with van der Waals surface area (Å²) in [4.78, 5) is 12.2. The van der Waals surface area contributed by atoms with Crippen molar-refractivity contribution in [1.29, 1.82) is 0 Å². The van der Waals surface area contributed by atoms with Crippen molar-refractivity contribution in [3.63, 3.8) is 0 Å². The number of ether oxygens (including phenoxy) is 1. The molecule has 3 heteroatoms. The van der Waals surface area contributed by atoms with Crippen molar-refractivity contribution in [3.05, 3.63) is 42.0 Å². The summed E-state index contributed by atoms with van der Waals surface area (Å²) >= 11 is 0. The molecule has 1 aliphatic rings. The van der Waals surface area contributed by atoms with Gasteiger partial charge >= 0.3 is 0 Å². The molecule has 2 rings (SSSR count). The molecular formula is C18H25NO2. The average molecular weight is 287 g/mol. The summed E-state index contributed by atoms with van der Waals surface area (Å²) < 4.78 is 5.18. The van der Waals surface area contributed by atoms with Crippen LogP contribution in [0.3, 0.4) is 0 Å². The Morgan fingerprint density at radius 1 is 1.33 bits per heavy atom. The first-order valence-corrected chi connectivity index (χ1v) is 7.70. The van der Waals surface area contributed by atoms with Gasteiger partial charge in [-0.3, -0.25) is 4.79 Å². The second-order valence-electron chi connectivity index (χ2n) is 6.03. The third kappa shape index (κ3) is 4.35. The Bertz CT molecular complexity index is 490. The van der Waals surface area contributed by atoms with Crippen molar-refractivity contribution in [1.82, 2.24) is 5.32 Å². The van der Waals surface area contributed by atoms with Crippen LogP contribution in [-0.2, 0) is 4.79 Å². The maximum atomic E-state index is 12.2. The van der Waals surface area contributed by atoms with Gasteiger partial charge < -0.3 is 10.1 Å². The number of nitrogens with one attached hydrogen (secondary N) is 1. The van der Waals surface area contributed by atoms with E-state index in [0.717, 1.165) is 24.2 Å². The molecule has 0 bridgehead atoms. The summed E-state index contributed by atoms with van der Waals surface area (Å²) in [6.45, 7) is 4.26. The molecule has 114 valence electrons. The molecule has 0 saturated carbocycles. The number of allylic oxidation sites excluding steroid dienone is 2. The smallest absolute Gasteiger partial charge is 0.221 e. The van der Waals surface area contributed by atoms with Crippen LogP contribution in [0.15, 0.2) is 36.4 Å². The van der Waals surface area contributed by atoms with Gasteiger partial charge in [0, 0.05) is 6.42 Å². The molecule has 3 nitrogen and oxygen atoms in total. The van der Waals surface area contributed by atoms with Crippen LogP contribution in [0.4, 0.5) is 0 Å². The van der Waals surface area contributed by atoms with E-state index >= 15 is 0 Å². The second-order valence-corrected chi connectivity index (χ2v) is 6.03. The minimum atomic E-state index is 0.0498. The molecule has 2 atom stereocenters. The number of methoxy groups -OCH3 is 1. The molecule has 1 amide bonds. The number of rotatable bonds is 6. The summed E-state index contributed by atoms with van der Waals surface area (Å²) in [5.74, 6) is 1.74. The standard InChI is InChI=1S/C18H25NO2/c1-13(2)18(15-8-10-16(21-3)11-9-15)19-17(20)12-14-6-4-5-7-14/h4,6,8-11,13-14,18H,5,7,12H2,1-3H3,(H,19,20)/t14-,18-/m0/s1. The third-order valence-electron chi connectivity index (χ3n) is 4.02. The van der Waals surface area contributed by atoms with Crippen LogP contribution < -0.4 is 10.1 Å². The van der Waals surface area contributed by atoms with Crippen LogP contribution >= 0.6 is 0 Å². The van der Waals surface area contributed by atoms with Crippen molar-refractivity contribution < 1.29 is 9.53 Å². The molecular weight excluding hydrogens is 262 g/mol. The quantitative estimate of drug-likeness (QED) is 0.807. The lowest BCUT2D eigenvalue weighted by atomic mass is 9.95. The van der Waals surface area contributed by atoms with E-state index in [0.29, 0.717) is 18.3 Å². The van der Waals surface area contributed by atoms with E-state index in [4.69, 9.17) is 4.74 Å². The summed E-state index contributed by atoms with van der Waals surface area (Å²) in [7, 11) is 1.66. The highest BCUT2D eigenvalue weighted by Gasteiger charge is 2.20. The zero-order chi connectivity index (χ0) is 15.2. The third-order valence-corrected chi connectivity index (χ3v) is 4.02. The highest BCUT2D eigenvalue weighted by Crippen LogP contribution is 2.25. The maximum absolute atomic E-state index is 12.2. The van der Waals surface area contributed by atoms with E-state index < -0.39 is 0 Å². The van der Waals surface area contributed by atoms with Crippen LogP contribution in [0.5, 0.6) is 5.75 Å². The lowest BCUT2D eigenvalue weighted by molar-refractivity contribution is -0.122. The second kappa shape index (κ2) is 7.30. The Morgan fingerprint density at radius 3 is 2.57 bits per heavy atom. The van der Waals surface area contributed by atoms with Crippen LogP contribution in [0, 0.1) is 11.8 Å². The molecule has 0 heterocycles. The molecule has 0 fully saturated rings. The molecule has 0 aliphatic heterocycles. The minimum Gasteiger partial charge on any atom is -0.497 e. The molecule has 0 spiro atoms. The molecule has 0 radical (unpaired) electrons. The zero-order valence-electron chi connectivity index (χ0n) is 13.1. The van der Waals surface area contributed by atoms with Gasteiger partial charge in [0.2, 0.25) is 5.91 Å². The molecule has 1 aromatic rings. The first-order valence-electron chi connectivity index (χ1n) is 7.70. The molecule has 21 heavy (non-hydrogen) atoms. The number of hydrogen-bond acceptors (Lipinski definition) is 2. The maximum Gasteiger partial charge on any atom is 0.221 e. The number of hydrogen-bond donors (Lipinski definition) is 1. The van der Waals surface area contributed by atoms with E-state index in [-0.39, 0.29) is 11.9 Å². The Hall–Kier alpha value is -1.77. The fourth-order valence-electron chi connectivity index (χ4n) is 2.78. The van der Waals surface area contributed by atoms with Crippen molar-refractivity contribution >= 4 is 5.91 Å². The predicted octanol–water partition coefficient (Wildman–Crippen LogP) is 3.86. The number of carbonyl (C=O) groups is 1. The van der Waals surface area contributed by atoms with Gasteiger partial charge in [-0.25, -0.2) is 0 Å². The molecule has 1 N–H and O–H groups in total. The minimum absolute atomic E-state index is 0.0498. The highest BCUT2D eigenvalue weighted by atomic mass is 16.5. The average Bonchev–Trinajstić information content (AvgIpc) is 2.97. The highest BCUT2D eigenvalue weighted by molar-refractivity contribution is 5.77. The lowest BCUT2D eigenvalue weighted by Gasteiger charge is -2.24. The van der Waals surface area contributed by atoms with Crippen LogP contribution in [0.1, 0.15) is 44.7 Å². The van der Waals surface area contributed by atoms with E-state index in [2.05, 4.69) is 31.3 Å². The van der Waals surface area contributed by atoms with Crippen molar-refractivity contribution in [2.24, 2.45) is 11.8 Å². The lowest BCUT2D eigenvalue weighted by Crippen LogP contribution is -2.32. The van der Waals surface area contributed by atoms with Gasteiger partial charge in [0.1, 0.15) is 5.75 Å². The van der Waals surface area contributed by atoms with Crippen LogP contribution in [0.2, 0.25) is 0 Å². The van der Waals surface area contributed by atoms with Crippen molar-refractivity contribution in [2.45, 2.75) is 39.2 Å². The number of amides is 1. The number of carbonyl (C=O) groups excluding carboxylic acids is 1. The van der Waals surface area contributed by atoms with Gasteiger partial charge in [0.25, 0.3) is 0 Å². The Kier molecular flexibility index (Phi) is 5.43. The van der Waals surface area contributed by atoms with Crippen LogP contribution in [0.25, 0.3) is 0 Å². The van der Waals surface area contributed by atoms with Gasteiger partial charge in [-0.2, -0.15) is 0 Å². The van der Waals surface area contributed by atoms with E-state index in [1.165, 1.54) is 0 Å². The first kappa shape index (κ1) is 15.6. The van der Waals surface area contributed by atoms with Gasteiger partial charge in [-0.1, -0.05) is 38.1 Å². The van der Waals surface area contributed by atoms with E-state index in [1.54, 1.807) is 7.11 Å². The van der Waals surface area contributed by atoms with Crippen molar-refractivity contribution in [3.8, 4) is 5.75 Å². The van der Waals surface area contributed by atoms with Gasteiger partial charge in [0.15, 0.2) is 0 Å². The zero-order valence-corrected chi connectivity index (χ0v) is 13.1. The molecule has 0 unspecified atom stereocenters. The summed E-state index contributed by atoms with van der Waals surface area (Å²) in [6, 6.07) is 7.99. The van der Waals surface area contributed by atoms with E-state index in [9.17, 15) is 4.79 Å². The monoisotopic (exact) mass is 287 g/mol. The van der Waals surface area contributed by atoms with Gasteiger partial charge in [0.05, 0.1) is 13.2 Å². The first-order chi connectivity index (χ1) is 10.1. The fourth-order valence-corrected chi connectivity index (χ4v) is 2.78. The summed E-state index contributed by atoms with van der Waals surface area (Å²) in [5.41, 5.74) is 1.13. The van der Waals surface area contributed by atoms with Crippen LogP contribution in [-0.4, -0.2) is 13.0 Å². The van der Waals surface area contributed by atoms with Crippen molar-refractivity contribution in [2.75, 3.05) is 7.11 Å². The fraction of sp³-hybridized carbons (Fsp3) is 0.500. The molecule has 0 aromatic heterocycles. The molecule has 1 aromatic carbocycles. The largest absolute Gasteiger partial charge is 0.497 e. The van der Waals surface area contributed by atoms with Gasteiger partial charge in [-0.15, -0.1) is 0 Å². The predicted molar refractivity (Wildman–Crippen MR) is 85.2 cm³/mol. The number of benzene rings is 1. The van der Waals surface area contributed by atoms with Gasteiger partial charge in [-0.05, 0) is 42.4 Å². The Morgan fingerprint density at radius 2 is 2.05 bits per heavy atom. The normalized spacial score (nSPS) is 18.8.